The summed E-state index contributed by atoms with van der Waals surface area (Å²) in [5.74, 6) is -0.349. The van der Waals surface area contributed by atoms with E-state index in [1.54, 1.807) is 0 Å². The van der Waals surface area contributed by atoms with Gasteiger partial charge in [0, 0.05) is 36.2 Å². The fraction of sp³-hybridized carbons (Fsp3) is 0.400. The first-order chi connectivity index (χ1) is 10.3. The van der Waals surface area contributed by atoms with Crippen LogP contribution in [-0.2, 0) is 4.79 Å². The number of Topliss-reactive ketones (excluding diaryl/α,β-unsaturated/α-hetero) is 1. The number of non-ortho nitro benzene ring substituents is 1. The summed E-state index contributed by atoms with van der Waals surface area (Å²) in [7, 11) is 0. The van der Waals surface area contributed by atoms with Crippen LogP contribution in [0.5, 0.6) is 0 Å². The molecule has 1 fully saturated rings. The predicted octanol–water partition coefficient (Wildman–Crippen LogP) is 2.46. The number of nitro benzene ring substituents is 1. The van der Waals surface area contributed by atoms with Crippen LogP contribution in [0.25, 0.3) is 0 Å². The molecule has 0 unspecified atom stereocenters. The van der Waals surface area contributed by atoms with E-state index >= 15 is 0 Å². The maximum Gasteiger partial charge on any atom is 0.271 e. The molecule has 0 spiro atoms. The third kappa shape index (κ3) is 3.97. The number of carbonyl (C=O) groups excluding carboxylic acids is 2. The zero-order chi connectivity index (χ0) is 16.3. The van der Waals surface area contributed by atoms with Gasteiger partial charge >= 0.3 is 0 Å². The number of nitrogens with zero attached hydrogens (tertiary/aromatic N) is 2. The quantitative estimate of drug-likeness (QED) is 0.684. The molecule has 7 heteroatoms. The Kier molecular flexibility index (Phi) is 4.35. The number of carbonyl (C=O) groups is 2. The Morgan fingerprint density at radius 3 is 2.45 bits per heavy atom. The van der Waals surface area contributed by atoms with Crippen LogP contribution in [0.4, 0.5) is 5.69 Å². The van der Waals surface area contributed by atoms with Crippen molar-refractivity contribution in [2.24, 2.45) is 10.5 Å². The summed E-state index contributed by atoms with van der Waals surface area (Å²) in [6, 6.07) is 5.25. The van der Waals surface area contributed by atoms with Crippen LogP contribution in [0, 0.1) is 15.5 Å². The van der Waals surface area contributed by atoms with Gasteiger partial charge in [-0.25, -0.2) is 5.43 Å². The lowest BCUT2D eigenvalue weighted by atomic mass is 9.76. The molecule has 1 aliphatic rings. The molecule has 0 bridgehead atoms. The van der Waals surface area contributed by atoms with E-state index in [4.69, 9.17) is 0 Å². The molecular formula is C15H17N3O4. The number of ketones is 1. The van der Waals surface area contributed by atoms with E-state index in [0.29, 0.717) is 18.6 Å². The number of hydrogen-bond donors (Lipinski definition) is 1. The highest BCUT2D eigenvalue weighted by Gasteiger charge is 2.30. The maximum absolute atomic E-state index is 11.9. The van der Waals surface area contributed by atoms with Gasteiger partial charge in [0.15, 0.2) is 0 Å². The summed E-state index contributed by atoms with van der Waals surface area (Å²) >= 11 is 0. The second kappa shape index (κ2) is 6.05. The molecule has 2 rings (SSSR count). The van der Waals surface area contributed by atoms with Crippen LogP contribution in [0.15, 0.2) is 29.4 Å². The summed E-state index contributed by atoms with van der Waals surface area (Å²) in [4.78, 5) is 33.6. The number of nitrogens with one attached hydrogen (secondary N) is 1. The summed E-state index contributed by atoms with van der Waals surface area (Å²) < 4.78 is 0. The molecule has 0 radical (unpaired) electrons. The fourth-order valence-corrected chi connectivity index (χ4v) is 2.51. The van der Waals surface area contributed by atoms with Gasteiger partial charge < -0.3 is 0 Å². The van der Waals surface area contributed by atoms with Gasteiger partial charge in [0.25, 0.3) is 11.6 Å². The number of nitro groups is 1. The lowest BCUT2D eigenvalue weighted by Crippen LogP contribution is -2.31. The molecule has 116 valence electrons. The minimum atomic E-state index is -0.530. The topological polar surface area (TPSA) is 102 Å². The van der Waals surface area contributed by atoms with Gasteiger partial charge in [0.05, 0.1) is 4.92 Å². The average Bonchev–Trinajstić information content (AvgIpc) is 2.42. The lowest BCUT2D eigenvalue weighted by Gasteiger charge is -2.28. The van der Waals surface area contributed by atoms with E-state index in [1.807, 2.05) is 13.8 Å². The highest BCUT2D eigenvalue weighted by atomic mass is 16.6. The predicted molar refractivity (Wildman–Crippen MR) is 80.6 cm³/mol. The van der Waals surface area contributed by atoms with Gasteiger partial charge in [0.2, 0.25) is 0 Å². The van der Waals surface area contributed by atoms with E-state index in [-0.39, 0.29) is 28.9 Å². The van der Waals surface area contributed by atoms with E-state index < -0.39 is 10.8 Å². The molecule has 1 aliphatic carbocycles. The van der Waals surface area contributed by atoms with Crippen LogP contribution in [0.1, 0.15) is 43.5 Å². The zero-order valence-electron chi connectivity index (χ0n) is 12.5. The molecule has 1 aromatic carbocycles. The van der Waals surface area contributed by atoms with Crippen molar-refractivity contribution < 1.29 is 14.5 Å². The largest absolute Gasteiger partial charge is 0.299 e. The number of hydrazone groups is 1. The van der Waals surface area contributed by atoms with Crippen LogP contribution in [0.2, 0.25) is 0 Å². The Morgan fingerprint density at radius 2 is 1.91 bits per heavy atom. The summed E-state index contributed by atoms with van der Waals surface area (Å²) in [6.07, 6.45) is 1.42. The van der Waals surface area contributed by atoms with Crippen molar-refractivity contribution in [2.75, 3.05) is 0 Å². The van der Waals surface area contributed by atoms with Gasteiger partial charge in [-0.2, -0.15) is 5.10 Å². The monoisotopic (exact) mass is 303 g/mol. The molecule has 1 aromatic rings. The first-order valence-electron chi connectivity index (χ1n) is 6.89. The first kappa shape index (κ1) is 15.8. The molecule has 0 aromatic heterocycles. The smallest absolute Gasteiger partial charge is 0.271 e. The molecule has 0 atom stereocenters. The van der Waals surface area contributed by atoms with Crippen LogP contribution in [-0.4, -0.2) is 22.3 Å². The summed E-state index contributed by atoms with van der Waals surface area (Å²) in [5.41, 5.74) is 3.10. The summed E-state index contributed by atoms with van der Waals surface area (Å²) in [6.45, 7) is 3.97. The second-order valence-corrected chi connectivity index (χ2v) is 6.16. The van der Waals surface area contributed by atoms with Crippen molar-refractivity contribution in [3.8, 4) is 0 Å². The van der Waals surface area contributed by atoms with E-state index in [2.05, 4.69) is 10.5 Å². The Hall–Kier alpha value is -2.57. The molecular weight excluding hydrogens is 286 g/mol. The van der Waals surface area contributed by atoms with Crippen LogP contribution >= 0.6 is 0 Å². The fourth-order valence-electron chi connectivity index (χ4n) is 2.51. The van der Waals surface area contributed by atoms with Crippen molar-refractivity contribution in [1.82, 2.24) is 5.43 Å². The zero-order valence-corrected chi connectivity index (χ0v) is 12.5. The van der Waals surface area contributed by atoms with Crippen molar-refractivity contribution in [2.45, 2.75) is 33.1 Å². The number of rotatable bonds is 3. The van der Waals surface area contributed by atoms with E-state index in [9.17, 15) is 19.7 Å². The maximum atomic E-state index is 11.9. The highest BCUT2D eigenvalue weighted by molar-refractivity contribution is 6.05. The number of amides is 1. The van der Waals surface area contributed by atoms with Gasteiger partial charge in [-0.1, -0.05) is 13.8 Å². The van der Waals surface area contributed by atoms with Crippen molar-refractivity contribution in [3.63, 3.8) is 0 Å². The van der Waals surface area contributed by atoms with Gasteiger partial charge in [0.1, 0.15) is 5.78 Å². The van der Waals surface area contributed by atoms with Crippen molar-refractivity contribution in [1.29, 1.82) is 0 Å². The van der Waals surface area contributed by atoms with Crippen LogP contribution < -0.4 is 5.43 Å². The molecule has 22 heavy (non-hydrogen) atoms. The summed E-state index contributed by atoms with van der Waals surface area (Å²) in [5, 5.41) is 14.6. The molecule has 0 heterocycles. The minimum Gasteiger partial charge on any atom is -0.299 e. The number of hydrogen-bond acceptors (Lipinski definition) is 5. The SMILES string of the molecule is CC1(C)CC(=O)C/C(=N\NC(=O)c2ccc([N+](=O)[O-])cc2)C1. The Bertz CT molecular complexity index is 647. The minimum absolute atomic E-state index is 0.0810. The second-order valence-electron chi connectivity index (χ2n) is 6.16. The van der Waals surface area contributed by atoms with Gasteiger partial charge in [-0.3, -0.25) is 19.7 Å². The Balaban J connectivity index is 2.04. The van der Waals surface area contributed by atoms with Gasteiger partial charge in [-0.15, -0.1) is 0 Å². The van der Waals surface area contributed by atoms with Crippen molar-refractivity contribution >= 4 is 23.1 Å². The molecule has 0 aliphatic heterocycles. The molecule has 7 nitrogen and oxygen atoms in total. The Morgan fingerprint density at radius 1 is 1.27 bits per heavy atom. The number of benzene rings is 1. The van der Waals surface area contributed by atoms with Crippen LogP contribution in [0.3, 0.4) is 0 Å². The third-order valence-corrected chi connectivity index (χ3v) is 3.42. The average molecular weight is 303 g/mol. The molecule has 0 saturated heterocycles. The first-order valence-corrected chi connectivity index (χ1v) is 6.89. The van der Waals surface area contributed by atoms with E-state index in [1.165, 1.54) is 24.3 Å². The Labute approximate surface area is 127 Å². The molecule has 1 N–H and O–H groups in total. The standard InChI is InChI=1S/C15H17N3O4/c1-15(2)8-11(7-13(19)9-15)16-17-14(20)10-3-5-12(6-4-10)18(21)22/h3-6H,7-9H2,1-2H3,(H,17,20)/b16-11+. The molecule has 1 saturated carbocycles. The highest BCUT2D eigenvalue weighted by Crippen LogP contribution is 2.31. The van der Waals surface area contributed by atoms with Gasteiger partial charge in [-0.05, 0) is 24.0 Å². The third-order valence-electron chi connectivity index (χ3n) is 3.42. The molecule has 1 amide bonds. The van der Waals surface area contributed by atoms with E-state index in [0.717, 1.165) is 0 Å². The normalized spacial score (nSPS) is 19.0. The lowest BCUT2D eigenvalue weighted by molar-refractivity contribution is -0.384. The van der Waals surface area contributed by atoms with Crippen molar-refractivity contribution in [3.05, 3.63) is 39.9 Å².